The lowest BCUT2D eigenvalue weighted by Crippen LogP contribution is -2.47. The van der Waals surface area contributed by atoms with Crippen molar-refractivity contribution in [2.24, 2.45) is 22.7 Å². The van der Waals surface area contributed by atoms with Crippen molar-refractivity contribution >= 4 is 22.7 Å². The van der Waals surface area contributed by atoms with Crippen LogP contribution >= 0.6 is 0 Å². The minimum Gasteiger partial charge on any atom is -0.478 e. The number of H-pyrrole nitrogens is 1. The monoisotopic (exact) mass is 478 g/mol. The minimum absolute atomic E-state index is 0.0286. The third-order valence-electron chi connectivity index (χ3n) is 7.18. The second-order valence-electron chi connectivity index (χ2n) is 10.5. The molecule has 1 N–H and O–H groups in total. The van der Waals surface area contributed by atoms with Crippen LogP contribution in [0.25, 0.3) is 10.9 Å². The number of benzene rings is 1. The highest BCUT2D eigenvalue weighted by molar-refractivity contribution is 5.83. The standard InChI is InChI=1S/C28H38N4O3/c1-20(2)15-32(18-25-9-8-24-19-34-13-14-35-27(24)30-25)28(33)23-7-4-12-31(17-23)16-22-6-3-5-21-10-11-29-26(21)22/h3,5-6,8-11,20,23-25,29H,4,7,12-19H2,1-2H3/t23-,24?,25?/m1/s1. The van der Waals surface area contributed by atoms with Crippen molar-refractivity contribution in [3.8, 4) is 0 Å². The van der Waals surface area contributed by atoms with Gasteiger partial charge in [-0.3, -0.25) is 9.69 Å². The Morgan fingerprint density at radius 3 is 3.06 bits per heavy atom. The van der Waals surface area contributed by atoms with Crippen LogP contribution in [0.1, 0.15) is 32.3 Å². The molecule has 0 saturated carbocycles. The molecule has 0 bridgehead atoms. The Labute approximate surface area is 208 Å². The molecule has 2 aromatic rings. The number of hydrogen-bond acceptors (Lipinski definition) is 5. The number of fused-ring (bicyclic) bond motifs is 2. The maximum atomic E-state index is 13.8. The number of carbonyl (C=O) groups is 1. The molecule has 35 heavy (non-hydrogen) atoms. The lowest BCUT2D eigenvalue weighted by Gasteiger charge is -2.36. The van der Waals surface area contributed by atoms with Gasteiger partial charge in [0.25, 0.3) is 0 Å². The van der Waals surface area contributed by atoms with E-state index in [0.717, 1.165) is 44.9 Å². The molecule has 4 heterocycles. The van der Waals surface area contributed by atoms with E-state index >= 15 is 0 Å². The Bertz CT molecular complexity index is 1080. The van der Waals surface area contributed by atoms with E-state index in [-0.39, 0.29) is 23.8 Å². The number of ether oxygens (including phenoxy) is 2. The Kier molecular flexibility index (Phi) is 7.54. The number of likely N-dealkylation sites (tertiary alicyclic amines) is 1. The second kappa shape index (κ2) is 11.0. The van der Waals surface area contributed by atoms with E-state index in [0.29, 0.717) is 32.3 Å². The largest absolute Gasteiger partial charge is 0.478 e. The molecule has 0 spiro atoms. The molecule has 3 aliphatic heterocycles. The summed E-state index contributed by atoms with van der Waals surface area (Å²) in [4.78, 5) is 26.5. The van der Waals surface area contributed by atoms with Crippen LogP contribution in [0, 0.1) is 17.8 Å². The number of carbonyl (C=O) groups excluding carboxylic acids is 1. The number of nitrogens with one attached hydrogen (secondary N) is 1. The van der Waals surface area contributed by atoms with Gasteiger partial charge in [-0.15, -0.1) is 0 Å². The van der Waals surface area contributed by atoms with Crippen molar-refractivity contribution in [2.45, 2.75) is 39.3 Å². The fourth-order valence-corrected chi connectivity index (χ4v) is 5.54. The number of hydrogen-bond donors (Lipinski definition) is 1. The van der Waals surface area contributed by atoms with E-state index in [2.05, 4.69) is 65.0 Å². The molecular formula is C28H38N4O3. The number of nitrogens with zero attached hydrogens (tertiary/aromatic N) is 3. The van der Waals surface area contributed by atoms with Crippen LogP contribution in [0.2, 0.25) is 0 Å². The molecule has 7 heteroatoms. The number of piperidine rings is 1. The Morgan fingerprint density at radius 1 is 1.26 bits per heavy atom. The van der Waals surface area contributed by atoms with Crippen LogP contribution in [-0.4, -0.2) is 78.6 Å². The van der Waals surface area contributed by atoms with E-state index in [4.69, 9.17) is 14.5 Å². The minimum atomic E-state index is -0.0628. The summed E-state index contributed by atoms with van der Waals surface area (Å²) >= 11 is 0. The van der Waals surface area contributed by atoms with Crippen molar-refractivity contribution in [3.63, 3.8) is 0 Å². The third-order valence-corrected chi connectivity index (χ3v) is 7.18. The summed E-state index contributed by atoms with van der Waals surface area (Å²) in [6.45, 7) is 10.2. The fraction of sp³-hybridized carbons (Fsp3) is 0.571. The summed E-state index contributed by atoms with van der Waals surface area (Å²) in [5, 5.41) is 1.24. The topological polar surface area (TPSA) is 70.2 Å². The number of aliphatic imine (C=N–C) groups is 1. The average molecular weight is 479 g/mol. The number of amides is 1. The van der Waals surface area contributed by atoms with Gasteiger partial charge in [0.15, 0.2) is 5.90 Å². The number of para-hydroxylation sites is 1. The van der Waals surface area contributed by atoms with Gasteiger partial charge in [0.05, 0.1) is 31.1 Å². The fourth-order valence-electron chi connectivity index (χ4n) is 5.54. The van der Waals surface area contributed by atoms with Crippen molar-refractivity contribution in [1.29, 1.82) is 0 Å². The van der Waals surface area contributed by atoms with Crippen molar-refractivity contribution < 1.29 is 14.3 Å². The number of dihydropyridines is 1. The van der Waals surface area contributed by atoms with Crippen LogP contribution < -0.4 is 0 Å². The van der Waals surface area contributed by atoms with E-state index in [1.54, 1.807) is 0 Å². The Hall–Kier alpha value is -2.64. The lowest BCUT2D eigenvalue weighted by atomic mass is 9.95. The van der Waals surface area contributed by atoms with Gasteiger partial charge < -0.3 is 19.4 Å². The van der Waals surface area contributed by atoms with Gasteiger partial charge in [-0.2, -0.15) is 0 Å². The molecule has 1 aromatic heterocycles. The summed E-state index contributed by atoms with van der Waals surface area (Å²) in [5.74, 6) is 1.55. The first kappa shape index (κ1) is 24.1. The predicted molar refractivity (Wildman–Crippen MR) is 138 cm³/mol. The van der Waals surface area contributed by atoms with Crippen molar-refractivity contribution in [3.05, 3.63) is 48.2 Å². The maximum Gasteiger partial charge on any atom is 0.227 e. The summed E-state index contributed by atoms with van der Waals surface area (Å²) < 4.78 is 11.4. The van der Waals surface area contributed by atoms with Gasteiger partial charge in [0.1, 0.15) is 6.61 Å². The van der Waals surface area contributed by atoms with E-state index < -0.39 is 0 Å². The molecule has 0 aliphatic carbocycles. The first-order valence-corrected chi connectivity index (χ1v) is 13.1. The number of aromatic amines is 1. The van der Waals surface area contributed by atoms with Crippen LogP contribution in [0.4, 0.5) is 0 Å². The normalized spacial score (nSPS) is 25.1. The van der Waals surface area contributed by atoms with E-state index in [1.807, 2.05) is 6.20 Å². The second-order valence-corrected chi connectivity index (χ2v) is 10.5. The zero-order valence-corrected chi connectivity index (χ0v) is 21.0. The molecule has 3 aliphatic rings. The summed E-state index contributed by atoms with van der Waals surface area (Å²) in [6, 6.07) is 8.50. The van der Waals surface area contributed by atoms with Crippen LogP contribution in [0.15, 0.2) is 47.6 Å². The van der Waals surface area contributed by atoms with E-state index in [9.17, 15) is 4.79 Å². The number of rotatable bonds is 7. The van der Waals surface area contributed by atoms with Crippen molar-refractivity contribution in [2.75, 3.05) is 46.0 Å². The molecule has 188 valence electrons. The zero-order chi connectivity index (χ0) is 24.2. The predicted octanol–water partition coefficient (Wildman–Crippen LogP) is 3.86. The Morgan fingerprint density at radius 2 is 2.17 bits per heavy atom. The molecule has 2 saturated heterocycles. The summed E-state index contributed by atoms with van der Waals surface area (Å²) in [5.41, 5.74) is 2.50. The lowest BCUT2D eigenvalue weighted by molar-refractivity contribution is -0.138. The molecule has 5 rings (SSSR count). The van der Waals surface area contributed by atoms with Gasteiger partial charge in [-0.05, 0) is 42.3 Å². The smallest absolute Gasteiger partial charge is 0.227 e. The highest BCUT2D eigenvalue weighted by Crippen LogP contribution is 2.25. The molecule has 0 radical (unpaired) electrons. The van der Waals surface area contributed by atoms with Crippen molar-refractivity contribution in [1.82, 2.24) is 14.8 Å². The molecule has 1 aromatic carbocycles. The highest BCUT2D eigenvalue weighted by Gasteiger charge is 2.32. The molecule has 2 unspecified atom stereocenters. The van der Waals surface area contributed by atoms with Gasteiger partial charge in [0, 0.05) is 37.9 Å². The zero-order valence-electron chi connectivity index (χ0n) is 21.0. The average Bonchev–Trinajstić information content (AvgIpc) is 3.22. The van der Waals surface area contributed by atoms with Gasteiger partial charge >= 0.3 is 0 Å². The van der Waals surface area contributed by atoms with Crippen LogP contribution in [0.5, 0.6) is 0 Å². The van der Waals surface area contributed by atoms with E-state index in [1.165, 1.54) is 16.5 Å². The molecule has 1 amide bonds. The first-order chi connectivity index (χ1) is 17.1. The molecular weight excluding hydrogens is 440 g/mol. The third kappa shape index (κ3) is 5.78. The van der Waals surface area contributed by atoms with Gasteiger partial charge in [-0.25, -0.2) is 4.99 Å². The quantitative estimate of drug-likeness (QED) is 0.614. The maximum absolute atomic E-state index is 13.8. The SMILES string of the molecule is CC(C)CN(CC1C=CC2COCCOC2=N1)C(=O)[C@@H]1CCCN(Cc2cccc3cc[nH]c23)C1. The molecule has 3 atom stereocenters. The molecule has 2 fully saturated rings. The van der Waals surface area contributed by atoms with Crippen LogP contribution in [-0.2, 0) is 20.8 Å². The molecule has 7 nitrogen and oxygen atoms in total. The summed E-state index contributed by atoms with van der Waals surface area (Å²) in [7, 11) is 0. The number of aromatic nitrogens is 1. The summed E-state index contributed by atoms with van der Waals surface area (Å²) in [6.07, 6.45) is 8.26. The van der Waals surface area contributed by atoms with Gasteiger partial charge in [-0.1, -0.05) is 44.2 Å². The Balaban J connectivity index is 1.25. The first-order valence-electron chi connectivity index (χ1n) is 13.1. The van der Waals surface area contributed by atoms with Gasteiger partial charge in [0.2, 0.25) is 5.91 Å². The van der Waals surface area contributed by atoms with Crippen LogP contribution in [0.3, 0.4) is 0 Å². The highest BCUT2D eigenvalue weighted by atomic mass is 16.5.